The zero-order chi connectivity index (χ0) is 16.4. The molecule has 0 unspecified atom stereocenters. The first kappa shape index (κ1) is 15.0. The van der Waals surface area contributed by atoms with Gasteiger partial charge in [0, 0.05) is 12.1 Å². The van der Waals surface area contributed by atoms with E-state index < -0.39 is 6.03 Å². The second-order valence-corrected chi connectivity index (χ2v) is 5.63. The van der Waals surface area contributed by atoms with Crippen LogP contribution in [0, 0.1) is 5.82 Å². The van der Waals surface area contributed by atoms with Gasteiger partial charge in [0.25, 0.3) is 0 Å². The maximum absolute atomic E-state index is 13.1. The number of anilines is 2. The molecule has 6 nitrogen and oxygen atoms in total. The highest BCUT2D eigenvalue weighted by atomic mass is 32.1. The van der Waals surface area contributed by atoms with Crippen LogP contribution >= 0.6 is 11.3 Å². The van der Waals surface area contributed by atoms with Crippen molar-refractivity contribution in [2.24, 2.45) is 0 Å². The Labute approximate surface area is 134 Å². The van der Waals surface area contributed by atoms with E-state index in [1.807, 2.05) is 0 Å². The minimum atomic E-state index is -0.520. The molecule has 0 atom stereocenters. The third kappa shape index (κ3) is 3.32. The number of nitrogens with zero attached hydrogens (tertiary/aromatic N) is 1. The summed E-state index contributed by atoms with van der Waals surface area (Å²) < 4.78 is 19.0. The molecule has 0 aliphatic carbocycles. The average Bonchev–Trinajstić information content (AvgIpc) is 2.90. The summed E-state index contributed by atoms with van der Waals surface area (Å²) in [6.45, 7) is 0. The van der Waals surface area contributed by atoms with Gasteiger partial charge in [-0.25, -0.2) is 14.2 Å². The second-order valence-electron chi connectivity index (χ2n) is 4.59. The largest absolute Gasteiger partial charge is 0.508 e. The molecule has 1 aromatic heterocycles. The van der Waals surface area contributed by atoms with Crippen LogP contribution in [0.1, 0.15) is 0 Å². The van der Waals surface area contributed by atoms with Crippen LogP contribution in [-0.2, 0) is 0 Å². The molecular weight excluding hydrogens is 321 g/mol. The topological polar surface area (TPSA) is 83.5 Å². The molecule has 23 heavy (non-hydrogen) atoms. The fraction of sp³-hybridized carbons (Fsp3) is 0.0667. The lowest BCUT2D eigenvalue weighted by atomic mass is 10.3. The van der Waals surface area contributed by atoms with Gasteiger partial charge in [0.1, 0.15) is 17.3 Å². The predicted octanol–water partition coefficient (Wildman–Crippen LogP) is 3.79. The molecule has 118 valence electrons. The second kappa shape index (κ2) is 6.09. The molecule has 0 aliphatic heterocycles. The molecule has 0 aliphatic rings. The summed E-state index contributed by atoms with van der Waals surface area (Å²) in [5.74, 6) is -0.0276. The Balaban J connectivity index is 1.76. The van der Waals surface area contributed by atoms with Gasteiger partial charge in [-0.2, -0.15) is 0 Å². The highest BCUT2D eigenvalue weighted by molar-refractivity contribution is 7.22. The molecule has 0 spiro atoms. The zero-order valence-electron chi connectivity index (χ0n) is 12.0. The summed E-state index contributed by atoms with van der Waals surface area (Å²) >= 11 is 1.24. The smallest absolute Gasteiger partial charge is 0.325 e. The first-order valence-corrected chi connectivity index (χ1v) is 7.38. The molecule has 0 radical (unpaired) electrons. The fourth-order valence-electron chi connectivity index (χ4n) is 1.99. The van der Waals surface area contributed by atoms with Crippen molar-refractivity contribution >= 4 is 38.4 Å². The number of aromatic nitrogens is 1. The van der Waals surface area contributed by atoms with Gasteiger partial charge < -0.3 is 15.2 Å². The summed E-state index contributed by atoms with van der Waals surface area (Å²) in [6.07, 6.45) is 0. The Morgan fingerprint density at radius 2 is 2.09 bits per heavy atom. The number of carbonyl (C=O) groups excluding carboxylic acids is 1. The molecule has 0 bridgehead atoms. The Morgan fingerprint density at radius 3 is 2.87 bits per heavy atom. The number of carbonyl (C=O) groups is 1. The Bertz CT molecular complexity index is 882. The number of amides is 2. The highest BCUT2D eigenvalue weighted by Crippen LogP contribution is 2.29. The number of halogens is 1. The van der Waals surface area contributed by atoms with E-state index in [0.717, 1.165) is 4.70 Å². The van der Waals surface area contributed by atoms with Gasteiger partial charge in [-0.3, -0.25) is 5.32 Å². The van der Waals surface area contributed by atoms with Crippen molar-refractivity contribution < 1.29 is 19.0 Å². The molecule has 2 amide bonds. The summed E-state index contributed by atoms with van der Waals surface area (Å²) in [5, 5.41) is 14.9. The van der Waals surface area contributed by atoms with E-state index >= 15 is 0 Å². The maximum atomic E-state index is 13.1. The van der Waals surface area contributed by atoms with Crippen LogP contribution in [0.3, 0.4) is 0 Å². The van der Waals surface area contributed by atoms with Gasteiger partial charge in [0.15, 0.2) is 5.13 Å². The lowest BCUT2D eigenvalue weighted by Gasteiger charge is -2.10. The van der Waals surface area contributed by atoms with E-state index in [1.165, 1.54) is 48.8 Å². The van der Waals surface area contributed by atoms with Gasteiger partial charge >= 0.3 is 6.03 Å². The number of rotatable bonds is 3. The number of thiazole rings is 1. The Hall–Kier alpha value is -2.87. The molecule has 2 aromatic carbocycles. The molecule has 8 heteroatoms. The third-order valence-electron chi connectivity index (χ3n) is 3.00. The van der Waals surface area contributed by atoms with Crippen molar-refractivity contribution in [3.8, 4) is 11.5 Å². The van der Waals surface area contributed by atoms with Crippen molar-refractivity contribution in [2.75, 3.05) is 17.7 Å². The number of hydrogen-bond acceptors (Lipinski definition) is 5. The Morgan fingerprint density at radius 1 is 1.26 bits per heavy atom. The normalized spacial score (nSPS) is 10.5. The maximum Gasteiger partial charge on any atom is 0.325 e. The van der Waals surface area contributed by atoms with Crippen LogP contribution in [0.25, 0.3) is 10.2 Å². The molecule has 0 saturated heterocycles. The Kier molecular flexibility index (Phi) is 3.98. The fourth-order valence-corrected chi connectivity index (χ4v) is 2.83. The molecule has 3 aromatic rings. The molecular formula is C15H12FN3O3S. The van der Waals surface area contributed by atoms with Crippen LogP contribution in [0.2, 0.25) is 0 Å². The summed E-state index contributed by atoms with van der Waals surface area (Å²) in [6, 6.07) is 8.06. The van der Waals surface area contributed by atoms with Crippen LogP contribution in [-0.4, -0.2) is 23.2 Å². The first-order chi connectivity index (χ1) is 11.0. The van der Waals surface area contributed by atoms with Gasteiger partial charge in [-0.1, -0.05) is 11.3 Å². The van der Waals surface area contributed by atoms with Crippen LogP contribution in [0.4, 0.5) is 20.0 Å². The number of benzene rings is 2. The number of fused-ring (bicyclic) bond motifs is 1. The number of phenolic OH excluding ortho intramolecular Hbond substituents is 1. The van der Waals surface area contributed by atoms with E-state index in [9.17, 15) is 14.3 Å². The average molecular weight is 333 g/mol. The SMILES string of the molecule is COc1cc(O)ccc1NC(=O)Nc1nc2cc(F)ccc2s1. The van der Waals surface area contributed by atoms with E-state index in [4.69, 9.17) is 4.74 Å². The lowest BCUT2D eigenvalue weighted by molar-refractivity contribution is 0.262. The highest BCUT2D eigenvalue weighted by Gasteiger charge is 2.11. The number of hydrogen-bond donors (Lipinski definition) is 3. The summed E-state index contributed by atoms with van der Waals surface area (Å²) in [4.78, 5) is 16.2. The number of phenols is 1. The number of aromatic hydroxyl groups is 1. The molecule has 0 saturated carbocycles. The van der Waals surface area contributed by atoms with Gasteiger partial charge in [-0.15, -0.1) is 0 Å². The van der Waals surface area contributed by atoms with Crippen molar-refractivity contribution in [2.45, 2.75) is 0 Å². The van der Waals surface area contributed by atoms with E-state index in [1.54, 1.807) is 6.07 Å². The number of nitrogens with one attached hydrogen (secondary N) is 2. The molecule has 3 N–H and O–H groups in total. The minimum absolute atomic E-state index is 0.0287. The molecule has 0 fully saturated rings. The van der Waals surface area contributed by atoms with Crippen molar-refractivity contribution in [1.29, 1.82) is 0 Å². The van der Waals surface area contributed by atoms with Crippen molar-refractivity contribution in [3.05, 3.63) is 42.2 Å². The summed E-state index contributed by atoms with van der Waals surface area (Å²) in [7, 11) is 1.43. The molecule has 3 rings (SSSR count). The quantitative estimate of drug-likeness (QED) is 0.637. The van der Waals surface area contributed by atoms with Gasteiger partial charge in [0.05, 0.1) is 23.0 Å². The van der Waals surface area contributed by atoms with E-state index in [0.29, 0.717) is 22.1 Å². The number of methoxy groups -OCH3 is 1. The first-order valence-electron chi connectivity index (χ1n) is 6.56. The number of urea groups is 1. The van der Waals surface area contributed by atoms with Crippen LogP contribution in [0.5, 0.6) is 11.5 Å². The molecule has 1 heterocycles. The summed E-state index contributed by atoms with van der Waals surface area (Å²) in [5.41, 5.74) is 0.877. The van der Waals surface area contributed by atoms with Crippen LogP contribution in [0.15, 0.2) is 36.4 Å². The van der Waals surface area contributed by atoms with E-state index in [2.05, 4.69) is 15.6 Å². The van der Waals surface area contributed by atoms with Crippen LogP contribution < -0.4 is 15.4 Å². The minimum Gasteiger partial charge on any atom is -0.508 e. The lowest BCUT2D eigenvalue weighted by Crippen LogP contribution is -2.19. The van der Waals surface area contributed by atoms with Crippen molar-refractivity contribution in [3.63, 3.8) is 0 Å². The van der Waals surface area contributed by atoms with E-state index in [-0.39, 0.29) is 11.6 Å². The zero-order valence-corrected chi connectivity index (χ0v) is 12.8. The van der Waals surface area contributed by atoms with Gasteiger partial charge in [0.2, 0.25) is 0 Å². The van der Waals surface area contributed by atoms with Gasteiger partial charge in [-0.05, 0) is 24.3 Å². The standard InChI is InChI=1S/C15H12FN3O3S/c1-22-12-7-9(20)3-4-10(12)17-14(21)19-15-18-11-6-8(16)2-5-13(11)23-15/h2-7,20H,1H3,(H2,17,18,19,21). The number of ether oxygens (including phenoxy) is 1. The van der Waals surface area contributed by atoms with Crippen molar-refractivity contribution in [1.82, 2.24) is 4.98 Å². The third-order valence-corrected chi connectivity index (χ3v) is 3.96. The monoisotopic (exact) mass is 333 g/mol. The predicted molar refractivity (Wildman–Crippen MR) is 86.9 cm³/mol.